The lowest BCUT2D eigenvalue weighted by Crippen LogP contribution is -2.58. The predicted molar refractivity (Wildman–Crippen MR) is 91.9 cm³/mol. The summed E-state index contributed by atoms with van der Waals surface area (Å²) in [5.41, 5.74) is 0.802. The van der Waals surface area contributed by atoms with E-state index in [-0.39, 0.29) is 18.2 Å². The predicted octanol–water partition coefficient (Wildman–Crippen LogP) is 1.24. The molecular formula is C18H27N3O3. The third kappa shape index (κ3) is 3.41. The Balaban J connectivity index is 1.67. The summed E-state index contributed by atoms with van der Waals surface area (Å²) in [6.45, 7) is 2.84. The molecule has 1 fully saturated rings. The van der Waals surface area contributed by atoms with Crippen molar-refractivity contribution in [2.45, 2.75) is 24.5 Å². The Morgan fingerprint density at radius 3 is 2.75 bits per heavy atom. The molecule has 0 unspecified atom stereocenters. The summed E-state index contributed by atoms with van der Waals surface area (Å²) >= 11 is 0. The first kappa shape index (κ1) is 17.2. The van der Waals surface area contributed by atoms with E-state index in [1.54, 1.807) is 0 Å². The smallest absolute Gasteiger partial charge is 0.254 e. The molecule has 3 rings (SSSR count). The fraction of sp³-hybridized carbons (Fsp3) is 0.611. The minimum atomic E-state index is -0.597. The van der Waals surface area contributed by atoms with Gasteiger partial charge < -0.3 is 24.6 Å². The van der Waals surface area contributed by atoms with Gasteiger partial charge in [0.25, 0.3) is 5.91 Å². The van der Waals surface area contributed by atoms with Crippen LogP contribution < -0.4 is 10.1 Å². The number of carbonyl (C=O) groups excluding carboxylic acids is 1. The monoisotopic (exact) mass is 333 g/mol. The maximum absolute atomic E-state index is 12.7. The zero-order chi connectivity index (χ0) is 17.2. The van der Waals surface area contributed by atoms with Crippen molar-refractivity contribution >= 4 is 5.91 Å². The number of likely N-dealkylation sites (N-methyl/N-ethyl adjacent to an activating group) is 1. The normalized spacial score (nSPS) is 23.4. The molecule has 0 spiro atoms. The van der Waals surface area contributed by atoms with Crippen molar-refractivity contribution in [1.29, 1.82) is 0 Å². The first-order valence-electron chi connectivity index (χ1n) is 8.49. The van der Waals surface area contributed by atoms with E-state index in [1.807, 2.05) is 24.3 Å². The SMILES string of the molecule is CN1CCC(CNC(=O)[C@H]2OCOc3ccccc32)(N(C)C)CC1. The van der Waals surface area contributed by atoms with E-state index in [9.17, 15) is 4.79 Å². The van der Waals surface area contributed by atoms with Gasteiger partial charge in [0.2, 0.25) is 0 Å². The number of likely N-dealkylation sites (tertiary alicyclic amines) is 1. The van der Waals surface area contributed by atoms with Crippen molar-refractivity contribution in [2.75, 3.05) is 47.6 Å². The number of nitrogens with one attached hydrogen (secondary N) is 1. The van der Waals surface area contributed by atoms with Gasteiger partial charge in [-0.25, -0.2) is 0 Å². The molecule has 2 aliphatic rings. The summed E-state index contributed by atoms with van der Waals surface area (Å²) in [6.07, 6.45) is 1.49. The van der Waals surface area contributed by atoms with Gasteiger partial charge in [-0.05, 0) is 53.1 Å². The summed E-state index contributed by atoms with van der Waals surface area (Å²) < 4.78 is 11.0. The molecule has 1 atom stereocenters. The van der Waals surface area contributed by atoms with Crippen LogP contribution in [0.3, 0.4) is 0 Å². The minimum Gasteiger partial charge on any atom is -0.467 e. The number of benzene rings is 1. The first-order valence-corrected chi connectivity index (χ1v) is 8.49. The van der Waals surface area contributed by atoms with Crippen LogP contribution in [0.5, 0.6) is 5.75 Å². The van der Waals surface area contributed by atoms with E-state index < -0.39 is 6.10 Å². The lowest BCUT2D eigenvalue weighted by Gasteiger charge is -2.45. The maximum Gasteiger partial charge on any atom is 0.254 e. The number of amides is 1. The third-order valence-corrected chi connectivity index (χ3v) is 5.35. The van der Waals surface area contributed by atoms with Crippen molar-refractivity contribution in [2.24, 2.45) is 0 Å². The molecule has 2 heterocycles. The van der Waals surface area contributed by atoms with Crippen LogP contribution in [0.4, 0.5) is 0 Å². The van der Waals surface area contributed by atoms with Gasteiger partial charge >= 0.3 is 0 Å². The molecule has 0 bridgehead atoms. The van der Waals surface area contributed by atoms with E-state index in [0.29, 0.717) is 6.54 Å². The van der Waals surface area contributed by atoms with Gasteiger partial charge in [-0.1, -0.05) is 18.2 Å². The van der Waals surface area contributed by atoms with Gasteiger partial charge in [-0.2, -0.15) is 0 Å². The number of hydrogen-bond donors (Lipinski definition) is 1. The zero-order valence-corrected chi connectivity index (χ0v) is 14.7. The highest BCUT2D eigenvalue weighted by Crippen LogP contribution is 2.32. The van der Waals surface area contributed by atoms with Crippen molar-refractivity contribution in [3.05, 3.63) is 29.8 Å². The summed E-state index contributed by atoms with van der Waals surface area (Å²) in [6, 6.07) is 7.56. The second-order valence-corrected chi connectivity index (χ2v) is 6.99. The molecule has 0 saturated carbocycles. The Bertz CT molecular complexity index is 583. The zero-order valence-electron chi connectivity index (χ0n) is 14.7. The van der Waals surface area contributed by atoms with Gasteiger partial charge in [0.15, 0.2) is 12.9 Å². The second kappa shape index (κ2) is 7.09. The van der Waals surface area contributed by atoms with E-state index >= 15 is 0 Å². The van der Waals surface area contributed by atoms with Crippen LogP contribution in [-0.2, 0) is 9.53 Å². The quantitative estimate of drug-likeness (QED) is 0.898. The molecule has 0 radical (unpaired) electrons. The second-order valence-electron chi connectivity index (χ2n) is 6.99. The van der Waals surface area contributed by atoms with Gasteiger partial charge in [0, 0.05) is 17.6 Å². The first-order chi connectivity index (χ1) is 11.5. The van der Waals surface area contributed by atoms with Gasteiger partial charge in [-0.15, -0.1) is 0 Å². The summed E-state index contributed by atoms with van der Waals surface area (Å²) in [5.74, 6) is 0.636. The van der Waals surface area contributed by atoms with Gasteiger partial charge in [-0.3, -0.25) is 4.79 Å². The Hall–Kier alpha value is -1.63. The molecule has 1 amide bonds. The van der Waals surface area contributed by atoms with Crippen molar-refractivity contribution in [3.8, 4) is 5.75 Å². The number of piperidine rings is 1. The molecule has 1 N–H and O–H groups in total. The minimum absolute atomic E-state index is 0.00680. The number of nitrogens with zero attached hydrogens (tertiary/aromatic N) is 2. The summed E-state index contributed by atoms with van der Waals surface area (Å²) in [4.78, 5) is 17.3. The van der Waals surface area contributed by atoms with Crippen LogP contribution in [0.2, 0.25) is 0 Å². The number of carbonyl (C=O) groups is 1. The van der Waals surface area contributed by atoms with Gasteiger partial charge in [0.05, 0.1) is 0 Å². The van der Waals surface area contributed by atoms with Crippen LogP contribution in [0.25, 0.3) is 0 Å². The number of rotatable bonds is 4. The molecule has 0 aliphatic carbocycles. The summed E-state index contributed by atoms with van der Waals surface area (Å²) in [5, 5.41) is 3.12. The molecular weight excluding hydrogens is 306 g/mol. The number of ether oxygens (including phenoxy) is 2. The van der Waals surface area contributed by atoms with Gasteiger partial charge in [0.1, 0.15) is 5.75 Å². The molecule has 1 aromatic rings. The largest absolute Gasteiger partial charge is 0.467 e. The van der Waals surface area contributed by atoms with E-state index in [4.69, 9.17) is 9.47 Å². The fourth-order valence-electron chi connectivity index (χ4n) is 3.46. The van der Waals surface area contributed by atoms with Crippen LogP contribution in [0, 0.1) is 0 Å². The van der Waals surface area contributed by atoms with Crippen molar-refractivity contribution in [1.82, 2.24) is 15.1 Å². The number of fused-ring (bicyclic) bond motifs is 1. The molecule has 0 aromatic heterocycles. The van der Waals surface area contributed by atoms with Crippen molar-refractivity contribution in [3.63, 3.8) is 0 Å². The van der Waals surface area contributed by atoms with Crippen molar-refractivity contribution < 1.29 is 14.3 Å². The Morgan fingerprint density at radius 2 is 2.04 bits per heavy atom. The van der Waals surface area contributed by atoms with Crippen LogP contribution in [0.1, 0.15) is 24.5 Å². The Morgan fingerprint density at radius 1 is 1.33 bits per heavy atom. The number of para-hydroxylation sites is 1. The highest BCUT2D eigenvalue weighted by Gasteiger charge is 2.37. The highest BCUT2D eigenvalue weighted by atomic mass is 16.7. The molecule has 6 nitrogen and oxygen atoms in total. The number of hydrogen-bond acceptors (Lipinski definition) is 5. The lowest BCUT2D eigenvalue weighted by molar-refractivity contribution is -0.142. The maximum atomic E-state index is 12.7. The lowest BCUT2D eigenvalue weighted by atomic mass is 9.86. The van der Waals surface area contributed by atoms with E-state index in [2.05, 4.69) is 36.3 Å². The van der Waals surface area contributed by atoms with Crippen LogP contribution in [-0.4, -0.2) is 68.8 Å². The van der Waals surface area contributed by atoms with E-state index in [0.717, 1.165) is 37.2 Å². The van der Waals surface area contributed by atoms with E-state index in [1.165, 1.54) is 0 Å². The average Bonchev–Trinajstić information content (AvgIpc) is 2.60. The standard InChI is InChI=1S/C18H27N3O3/c1-20(2)18(8-10-21(3)11-9-18)12-19-17(22)16-14-6-4-5-7-15(14)23-13-24-16/h4-7,16H,8-13H2,1-3H3,(H,19,22)/t16-/m0/s1. The molecule has 2 aliphatic heterocycles. The average molecular weight is 333 g/mol. The summed E-state index contributed by atoms with van der Waals surface area (Å²) in [7, 11) is 6.33. The Kier molecular flexibility index (Phi) is 5.08. The molecule has 1 aromatic carbocycles. The molecule has 6 heteroatoms. The molecule has 132 valence electrons. The third-order valence-electron chi connectivity index (χ3n) is 5.35. The Labute approximate surface area is 143 Å². The van der Waals surface area contributed by atoms with Crippen LogP contribution >= 0.6 is 0 Å². The molecule has 1 saturated heterocycles. The fourth-order valence-corrected chi connectivity index (χ4v) is 3.46. The van der Waals surface area contributed by atoms with Crippen LogP contribution in [0.15, 0.2) is 24.3 Å². The highest BCUT2D eigenvalue weighted by molar-refractivity contribution is 5.83. The topological polar surface area (TPSA) is 54.0 Å². The molecule has 24 heavy (non-hydrogen) atoms.